The Morgan fingerprint density at radius 1 is 1.43 bits per heavy atom. The van der Waals surface area contributed by atoms with Crippen molar-refractivity contribution in [2.75, 3.05) is 6.61 Å². The molecule has 6 nitrogen and oxygen atoms in total. The minimum Gasteiger partial charge on any atom is -0.368 e. The van der Waals surface area contributed by atoms with Crippen LogP contribution in [0.3, 0.4) is 0 Å². The van der Waals surface area contributed by atoms with Crippen LogP contribution >= 0.6 is 0 Å². The van der Waals surface area contributed by atoms with Crippen molar-refractivity contribution < 1.29 is 14.3 Å². The molecular formula is C15H17N3O3. The molecule has 1 fully saturated rings. The van der Waals surface area contributed by atoms with Gasteiger partial charge in [-0.25, -0.2) is 0 Å². The molecule has 2 amide bonds. The number of nitrogens with two attached hydrogens (primary N) is 1. The van der Waals surface area contributed by atoms with Crippen LogP contribution in [0.25, 0.3) is 0 Å². The summed E-state index contributed by atoms with van der Waals surface area (Å²) in [6, 6.07) is 8.05. The Morgan fingerprint density at radius 2 is 2.14 bits per heavy atom. The quantitative estimate of drug-likeness (QED) is 0.809. The Balaban J connectivity index is 1.99. The number of carbonyl (C=O) groups excluding carboxylic acids is 2. The zero-order chi connectivity index (χ0) is 15.2. The van der Waals surface area contributed by atoms with Gasteiger partial charge >= 0.3 is 0 Å². The topological polar surface area (TPSA) is 105 Å². The van der Waals surface area contributed by atoms with Crippen molar-refractivity contribution in [3.8, 4) is 6.07 Å². The fraction of sp³-hybridized carbons (Fsp3) is 0.400. The van der Waals surface area contributed by atoms with Gasteiger partial charge in [0.05, 0.1) is 11.6 Å². The number of hydrogen-bond acceptors (Lipinski definition) is 4. The van der Waals surface area contributed by atoms with E-state index in [0.29, 0.717) is 25.0 Å². The van der Waals surface area contributed by atoms with Crippen LogP contribution in [0.1, 0.15) is 24.0 Å². The summed E-state index contributed by atoms with van der Waals surface area (Å²) in [6.07, 6.45) is 1.30. The molecular weight excluding hydrogens is 270 g/mol. The first-order valence-corrected chi connectivity index (χ1v) is 6.80. The van der Waals surface area contributed by atoms with Crippen LogP contribution in [0.5, 0.6) is 0 Å². The van der Waals surface area contributed by atoms with Gasteiger partial charge in [0, 0.05) is 13.0 Å². The molecule has 1 aromatic rings. The van der Waals surface area contributed by atoms with Crippen LogP contribution < -0.4 is 11.1 Å². The van der Waals surface area contributed by atoms with E-state index < -0.39 is 18.1 Å². The number of nitrogens with zero attached hydrogens (tertiary/aromatic N) is 1. The molecule has 0 unspecified atom stereocenters. The molecule has 1 aliphatic heterocycles. The van der Waals surface area contributed by atoms with Crippen LogP contribution in [0.15, 0.2) is 24.3 Å². The third-order valence-corrected chi connectivity index (χ3v) is 3.40. The lowest BCUT2D eigenvalue weighted by molar-refractivity contribution is -0.133. The highest BCUT2D eigenvalue weighted by atomic mass is 16.5. The highest BCUT2D eigenvalue weighted by Crippen LogP contribution is 2.13. The normalized spacial score (nSPS) is 18.7. The number of benzene rings is 1. The summed E-state index contributed by atoms with van der Waals surface area (Å²) in [5.41, 5.74) is 6.70. The summed E-state index contributed by atoms with van der Waals surface area (Å²) in [5.74, 6) is -0.893. The van der Waals surface area contributed by atoms with Crippen LogP contribution in [0, 0.1) is 11.3 Å². The lowest BCUT2D eigenvalue weighted by Crippen LogP contribution is -2.49. The number of primary amides is 1. The van der Waals surface area contributed by atoms with Gasteiger partial charge < -0.3 is 15.8 Å². The van der Waals surface area contributed by atoms with Crippen LogP contribution in [-0.4, -0.2) is 30.6 Å². The van der Waals surface area contributed by atoms with Gasteiger partial charge in [0.25, 0.3) is 0 Å². The second-order valence-corrected chi connectivity index (χ2v) is 4.98. The van der Waals surface area contributed by atoms with E-state index in [9.17, 15) is 9.59 Å². The van der Waals surface area contributed by atoms with Crippen LogP contribution in [0.2, 0.25) is 0 Å². The molecule has 1 heterocycles. The van der Waals surface area contributed by atoms with Crippen molar-refractivity contribution >= 4 is 11.8 Å². The summed E-state index contributed by atoms with van der Waals surface area (Å²) in [6.45, 7) is 0.564. The zero-order valence-corrected chi connectivity index (χ0v) is 11.5. The summed E-state index contributed by atoms with van der Waals surface area (Å²) in [4.78, 5) is 23.5. The Morgan fingerprint density at radius 3 is 2.67 bits per heavy atom. The van der Waals surface area contributed by atoms with Gasteiger partial charge in [0.1, 0.15) is 12.1 Å². The first-order chi connectivity index (χ1) is 10.1. The van der Waals surface area contributed by atoms with Crippen molar-refractivity contribution in [3.05, 3.63) is 35.4 Å². The third kappa shape index (κ3) is 4.04. The van der Waals surface area contributed by atoms with Gasteiger partial charge in [-0.15, -0.1) is 0 Å². The van der Waals surface area contributed by atoms with E-state index in [-0.39, 0.29) is 5.91 Å². The van der Waals surface area contributed by atoms with Gasteiger partial charge in [0.15, 0.2) is 0 Å². The second kappa shape index (κ2) is 6.86. The predicted octanol–water partition coefficient (Wildman–Crippen LogP) is 0.250. The molecule has 0 bridgehead atoms. The smallest absolute Gasteiger partial charge is 0.249 e. The molecule has 110 valence electrons. The number of amides is 2. The Hall–Kier alpha value is -2.39. The van der Waals surface area contributed by atoms with Gasteiger partial charge in [-0.2, -0.15) is 5.26 Å². The second-order valence-electron chi connectivity index (χ2n) is 4.98. The lowest BCUT2D eigenvalue weighted by Gasteiger charge is -2.18. The van der Waals surface area contributed by atoms with Crippen molar-refractivity contribution in [2.24, 2.45) is 5.73 Å². The van der Waals surface area contributed by atoms with Crippen molar-refractivity contribution in [1.29, 1.82) is 5.26 Å². The Kier molecular flexibility index (Phi) is 4.90. The molecule has 21 heavy (non-hydrogen) atoms. The largest absolute Gasteiger partial charge is 0.368 e. The highest BCUT2D eigenvalue weighted by Gasteiger charge is 2.27. The zero-order valence-electron chi connectivity index (χ0n) is 11.5. The summed E-state index contributed by atoms with van der Waals surface area (Å²) in [5, 5.41) is 11.4. The molecule has 1 aliphatic rings. The summed E-state index contributed by atoms with van der Waals surface area (Å²) >= 11 is 0. The summed E-state index contributed by atoms with van der Waals surface area (Å²) < 4.78 is 5.28. The van der Waals surface area contributed by atoms with Gasteiger partial charge in [-0.3, -0.25) is 9.59 Å². The van der Waals surface area contributed by atoms with Crippen LogP contribution in [0.4, 0.5) is 0 Å². The lowest BCUT2D eigenvalue weighted by atomic mass is 10.0. The number of carbonyl (C=O) groups is 2. The number of nitrogens with one attached hydrogen (secondary N) is 1. The van der Waals surface area contributed by atoms with E-state index >= 15 is 0 Å². The van der Waals surface area contributed by atoms with Gasteiger partial charge in [-0.05, 0) is 30.5 Å². The molecule has 3 N–H and O–H groups in total. The third-order valence-electron chi connectivity index (χ3n) is 3.40. The van der Waals surface area contributed by atoms with E-state index in [1.54, 1.807) is 24.3 Å². The summed E-state index contributed by atoms with van der Waals surface area (Å²) in [7, 11) is 0. The number of hydrogen-bond donors (Lipinski definition) is 2. The van der Waals surface area contributed by atoms with E-state index in [1.165, 1.54) is 0 Å². The molecule has 2 rings (SSSR count). The van der Waals surface area contributed by atoms with Crippen LogP contribution in [-0.2, 0) is 20.7 Å². The van der Waals surface area contributed by atoms with Crippen molar-refractivity contribution in [1.82, 2.24) is 5.32 Å². The van der Waals surface area contributed by atoms with E-state index in [1.807, 2.05) is 6.07 Å². The van der Waals surface area contributed by atoms with Crippen molar-refractivity contribution in [3.63, 3.8) is 0 Å². The average molecular weight is 287 g/mol. The first-order valence-electron chi connectivity index (χ1n) is 6.80. The van der Waals surface area contributed by atoms with E-state index in [2.05, 4.69) is 5.32 Å². The monoisotopic (exact) mass is 287 g/mol. The minimum absolute atomic E-state index is 0.291. The number of rotatable bonds is 5. The SMILES string of the molecule is N#Cc1ccc(C[C@H](NC(=O)[C@H]2CCCO2)C(N)=O)cc1. The molecule has 0 radical (unpaired) electrons. The molecule has 2 atom stereocenters. The molecule has 1 saturated heterocycles. The maximum absolute atomic E-state index is 12.0. The van der Waals surface area contributed by atoms with E-state index in [0.717, 1.165) is 12.0 Å². The molecule has 0 aliphatic carbocycles. The molecule has 0 saturated carbocycles. The average Bonchev–Trinajstić information content (AvgIpc) is 3.01. The maximum Gasteiger partial charge on any atom is 0.249 e. The Labute approximate surface area is 122 Å². The predicted molar refractivity (Wildman–Crippen MR) is 75.0 cm³/mol. The number of ether oxygens (including phenoxy) is 1. The molecule has 0 aromatic heterocycles. The fourth-order valence-corrected chi connectivity index (χ4v) is 2.22. The molecule has 1 aromatic carbocycles. The maximum atomic E-state index is 12.0. The number of nitriles is 1. The Bertz CT molecular complexity index is 557. The van der Waals surface area contributed by atoms with E-state index in [4.69, 9.17) is 15.7 Å². The first kappa shape index (κ1) is 15.0. The fourth-order valence-electron chi connectivity index (χ4n) is 2.22. The highest BCUT2D eigenvalue weighted by molar-refractivity contribution is 5.88. The minimum atomic E-state index is -0.783. The van der Waals surface area contributed by atoms with Gasteiger partial charge in [-0.1, -0.05) is 12.1 Å². The molecule has 6 heteroatoms. The standard InChI is InChI=1S/C15H17N3O3/c16-9-11-5-3-10(4-6-11)8-12(14(17)19)18-15(20)13-2-1-7-21-13/h3-6,12-13H,1-2,7-8H2,(H2,17,19)(H,18,20)/t12-,13+/m0/s1. The molecule has 0 spiro atoms. The van der Waals surface area contributed by atoms with Gasteiger partial charge in [0.2, 0.25) is 11.8 Å². The van der Waals surface area contributed by atoms with Crippen molar-refractivity contribution in [2.45, 2.75) is 31.4 Å².